The summed E-state index contributed by atoms with van der Waals surface area (Å²) < 4.78 is 24.6. The molecule has 7 nitrogen and oxygen atoms in total. The largest absolute Gasteiger partial charge is 0.493 e. The van der Waals surface area contributed by atoms with E-state index in [2.05, 4.69) is 10.6 Å². The van der Waals surface area contributed by atoms with Gasteiger partial charge in [-0.2, -0.15) is 0 Å². The minimum Gasteiger partial charge on any atom is -0.493 e. The van der Waals surface area contributed by atoms with Gasteiger partial charge in [0.2, 0.25) is 5.91 Å². The summed E-state index contributed by atoms with van der Waals surface area (Å²) in [6.07, 6.45) is 0.836. The third-order valence-corrected chi connectivity index (χ3v) is 6.04. The topological polar surface area (TPSA) is 79.9 Å². The zero-order valence-electron chi connectivity index (χ0n) is 19.7. The first-order chi connectivity index (χ1) is 17.0. The van der Waals surface area contributed by atoms with E-state index in [-0.39, 0.29) is 24.9 Å². The van der Waals surface area contributed by atoms with E-state index < -0.39 is 11.9 Å². The Labute approximate surface area is 203 Å². The first kappa shape index (κ1) is 24.1. The molecule has 35 heavy (non-hydrogen) atoms. The molecule has 1 aliphatic heterocycles. The monoisotopic (exact) mass is 477 g/mol. The molecule has 1 atom stereocenters. The number of methoxy groups -OCH3 is 2. The lowest BCUT2D eigenvalue weighted by molar-refractivity contribution is -0.120. The first-order valence-electron chi connectivity index (χ1n) is 11.4. The number of hydrogen-bond donors (Lipinski definition) is 2. The standard InChI is InChI=1S/C27H28FN3O4/c1-34-24-14-19-11-12-31(27(33)30-21-10-6-9-20(28)15-21)23(22(19)16-25(24)35-2)17-29-26(32)13-18-7-4-3-5-8-18/h3-10,14-16,23H,11-13,17H2,1-2H3,(H,29,32)(H,30,33). The van der Waals surface area contributed by atoms with Crippen molar-refractivity contribution in [1.29, 1.82) is 0 Å². The van der Waals surface area contributed by atoms with Gasteiger partial charge in [0.1, 0.15) is 5.82 Å². The highest BCUT2D eigenvalue weighted by atomic mass is 19.1. The number of carbonyl (C=O) groups excluding carboxylic acids is 2. The van der Waals surface area contributed by atoms with Gasteiger partial charge in [-0.25, -0.2) is 9.18 Å². The predicted molar refractivity (Wildman–Crippen MR) is 131 cm³/mol. The quantitative estimate of drug-likeness (QED) is 0.531. The highest BCUT2D eigenvalue weighted by Gasteiger charge is 2.32. The van der Waals surface area contributed by atoms with Gasteiger partial charge in [-0.15, -0.1) is 0 Å². The molecule has 4 rings (SSSR count). The molecule has 2 N–H and O–H groups in total. The van der Waals surface area contributed by atoms with Crippen LogP contribution in [0.3, 0.4) is 0 Å². The van der Waals surface area contributed by atoms with Crippen LogP contribution in [0.5, 0.6) is 11.5 Å². The van der Waals surface area contributed by atoms with Crippen molar-refractivity contribution < 1.29 is 23.5 Å². The molecule has 3 aromatic carbocycles. The normalized spacial score (nSPS) is 14.6. The van der Waals surface area contributed by atoms with Crippen molar-refractivity contribution in [3.05, 3.63) is 89.2 Å². The molecule has 0 saturated heterocycles. The molecule has 0 radical (unpaired) electrons. The average Bonchev–Trinajstić information content (AvgIpc) is 2.86. The maximum absolute atomic E-state index is 13.6. The first-order valence-corrected chi connectivity index (χ1v) is 11.4. The molecule has 0 saturated carbocycles. The summed E-state index contributed by atoms with van der Waals surface area (Å²) in [6.45, 7) is 0.633. The summed E-state index contributed by atoms with van der Waals surface area (Å²) in [6, 6.07) is 18.1. The fourth-order valence-corrected chi connectivity index (χ4v) is 4.31. The highest BCUT2D eigenvalue weighted by Crippen LogP contribution is 2.38. The van der Waals surface area contributed by atoms with Crippen LogP contribution >= 0.6 is 0 Å². The van der Waals surface area contributed by atoms with Crippen molar-refractivity contribution in [1.82, 2.24) is 10.2 Å². The fraction of sp³-hybridized carbons (Fsp3) is 0.259. The number of amides is 3. The van der Waals surface area contributed by atoms with E-state index >= 15 is 0 Å². The second-order valence-electron chi connectivity index (χ2n) is 8.27. The molecule has 182 valence electrons. The van der Waals surface area contributed by atoms with Crippen LogP contribution in [0.15, 0.2) is 66.7 Å². The molecular formula is C27H28FN3O4. The lowest BCUT2D eigenvalue weighted by Crippen LogP contribution is -2.47. The number of nitrogens with zero attached hydrogens (tertiary/aromatic N) is 1. The van der Waals surface area contributed by atoms with Crippen LogP contribution in [0.1, 0.15) is 22.7 Å². The Morgan fingerprint density at radius 3 is 2.46 bits per heavy atom. The van der Waals surface area contributed by atoms with Crippen LogP contribution in [-0.2, 0) is 17.6 Å². The highest BCUT2D eigenvalue weighted by molar-refractivity contribution is 5.90. The second-order valence-corrected chi connectivity index (χ2v) is 8.27. The maximum Gasteiger partial charge on any atom is 0.322 e. The summed E-state index contributed by atoms with van der Waals surface area (Å²) in [4.78, 5) is 27.6. The van der Waals surface area contributed by atoms with Gasteiger partial charge in [-0.1, -0.05) is 36.4 Å². The van der Waals surface area contributed by atoms with Crippen LogP contribution in [0.2, 0.25) is 0 Å². The Hall–Kier alpha value is -4.07. The number of benzene rings is 3. The summed E-state index contributed by atoms with van der Waals surface area (Å²) in [5.74, 6) is 0.567. The molecular weight excluding hydrogens is 449 g/mol. The minimum absolute atomic E-state index is 0.144. The SMILES string of the molecule is COc1cc2c(cc1OC)C(CNC(=O)Cc1ccccc1)N(C(=O)Nc1cccc(F)c1)CC2. The molecule has 0 fully saturated rings. The van der Waals surface area contributed by atoms with E-state index in [9.17, 15) is 14.0 Å². The fourth-order valence-electron chi connectivity index (χ4n) is 4.31. The smallest absolute Gasteiger partial charge is 0.322 e. The Kier molecular flexibility index (Phi) is 7.50. The minimum atomic E-state index is -0.452. The van der Waals surface area contributed by atoms with Crippen LogP contribution < -0.4 is 20.1 Å². The molecule has 0 spiro atoms. The molecule has 1 aliphatic rings. The number of rotatable bonds is 7. The molecule has 8 heteroatoms. The molecule has 3 amide bonds. The summed E-state index contributed by atoms with van der Waals surface area (Å²) in [5.41, 5.74) is 3.14. The van der Waals surface area contributed by atoms with E-state index in [1.165, 1.54) is 18.2 Å². The molecule has 1 heterocycles. The molecule has 0 bridgehead atoms. The Balaban J connectivity index is 1.58. The van der Waals surface area contributed by atoms with E-state index in [1.54, 1.807) is 25.2 Å². The number of anilines is 1. The number of halogens is 1. The molecule has 0 aromatic heterocycles. The maximum atomic E-state index is 13.6. The number of nitrogens with one attached hydrogen (secondary N) is 2. The van der Waals surface area contributed by atoms with Crippen molar-refractivity contribution in [3.8, 4) is 11.5 Å². The molecule has 0 aliphatic carbocycles. The lowest BCUT2D eigenvalue weighted by Gasteiger charge is -2.38. The number of urea groups is 1. The van der Waals surface area contributed by atoms with Crippen LogP contribution in [0.25, 0.3) is 0 Å². The zero-order valence-corrected chi connectivity index (χ0v) is 19.7. The number of ether oxygens (including phenoxy) is 2. The van der Waals surface area contributed by atoms with Crippen molar-refractivity contribution in [2.24, 2.45) is 0 Å². The zero-order chi connectivity index (χ0) is 24.8. The van der Waals surface area contributed by atoms with Crippen LogP contribution in [0, 0.1) is 5.82 Å². The van der Waals surface area contributed by atoms with Gasteiger partial charge in [0.05, 0.1) is 26.7 Å². The van der Waals surface area contributed by atoms with Crippen molar-refractivity contribution >= 4 is 17.6 Å². The Bertz CT molecular complexity index is 1200. The number of hydrogen-bond acceptors (Lipinski definition) is 4. The predicted octanol–water partition coefficient (Wildman–Crippen LogP) is 4.33. The molecule has 3 aromatic rings. The van der Waals surface area contributed by atoms with E-state index in [4.69, 9.17) is 9.47 Å². The van der Waals surface area contributed by atoms with Crippen molar-refractivity contribution in [2.45, 2.75) is 18.9 Å². The van der Waals surface area contributed by atoms with Crippen LogP contribution in [0.4, 0.5) is 14.9 Å². The summed E-state index contributed by atoms with van der Waals surface area (Å²) in [7, 11) is 3.13. The third kappa shape index (κ3) is 5.71. The van der Waals surface area contributed by atoms with Crippen molar-refractivity contribution in [2.75, 3.05) is 32.6 Å². The average molecular weight is 478 g/mol. The van der Waals surface area contributed by atoms with Gasteiger partial charge in [0.15, 0.2) is 11.5 Å². The summed E-state index contributed by atoms with van der Waals surface area (Å²) in [5, 5.41) is 5.74. The summed E-state index contributed by atoms with van der Waals surface area (Å²) >= 11 is 0. The van der Waals surface area contributed by atoms with Crippen molar-refractivity contribution in [3.63, 3.8) is 0 Å². The van der Waals surface area contributed by atoms with Gasteiger partial charge in [-0.3, -0.25) is 4.79 Å². The number of carbonyl (C=O) groups is 2. The van der Waals surface area contributed by atoms with E-state index in [0.717, 1.165) is 16.7 Å². The van der Waals surface area contributed by atoms with E-state index in [1.807, 2.05) is 42.5 Å². The van der Waals surface area contributed by atoms with Gasteiger partial charge < -0.3 is 25.0 Å². The third-order valence-electron chi connectivity index (χ3n) is 6.04. The Morgan fingerprint density at radius 1 is 1.00 bits per heavy atom. The Morgan fingerprint density at radius 2 is 1.74 bits per heavy atom. The van der Waals surface area contributed by atoms with Gasteiger partial charge >= 0.3 is 6.03 Å². The lowest BCUT2D eigenvalue weighted by atomic mass is 9.91. The second kappa shape index (κ2) is 10.9. The van der Waals surface area contributed by atoms with Gasteiger partial charge in [0.25, 0.3) is 0 Å². The van der Waals surface area contributed by atoms with Gasteiger partial charge in [0, 0.05) is 18.8 Å². The van der Waals surface area contributed by atoms with Crippen LogP contribution in [-0.4, -0.2) is 44.1 Å². The van der Waals surface area contributed by atoms with E-state index in [0.29, 0.717) is 30.2 Å². The van der Waals surface area contributed by atoms with Gasteiger partial charge in [-0.05, 0) is 53.4 Å². The number of fused-ring (bicyclic) bond motifs is 1. The molecule has 1 unspecified atom stereocenters.